The highest BCUT2D eigenvalue weighted by Crippen LogP contribution is 2.36. The zero-order valence-electron chi connectivity index (χ0n) is 18.5. The number of carboxylic acids is 1. The highest BCUT2D eigenvalue weighted by Gasteiger charge is 2.37. The molecule has 0 saturated carbocycles. The van der Waals surface area contributed by atoms with Crippen molar-refractivity contribution in [3.63, 3.8) is 0 Å². The van der Waals surface area contributed by atoms with Gasteiger partial charge in [-0.2, -0.15) is 0 Å². The first-order valence-electron chi connectivity index (χ1n) is 10.3. The Morgan fingerprint density at radius 1 is 0.967 bits per heavy atom. The molecule has 0 aliphatic heterocycles. The fourth-order valence-corrected chi connectivity index (χ4v) is 4.01. The van der Waals surface area contributed by atoms with Crippen LogP contribution in [-0.4, -0.2) is 37.9 Å². The number of amides is 1. The Kier molecular flexibility index (Phi) is 7.98. The van der Waals surface area contributed by atoms with Crippen LogP contribution in [0.25, 0.3) is 0 Å². The van der Waals surface area contributed by atoms with E-state index in [0.29, 0.717) is 6.61 Å². The number of hydrogen-bond donors (Lipinski definition) is 2. The van der Waals surface area contributed by atoms with E-state index < -0.39 is 26.2 Å². The summed E-state index contributed by atoms with van der Waals surface area (Å²) in [5, 5.41) is 12.5. The average molecular weight is 428 g/mol. The van der Waals surface area contributed by atoms with Crippen LogP contribution in [0.15, 0.2) is 60.7 Å². The smallest absolute Gasteiger partial charge is 0.326 e. The van der Waals surface area contributed by atoms with Gasteiger partial charge < -0.3 is 14.8 Å². The number of carbonyl (C=O) groups excluding carboxylic acids is 1. The second kappa shape index (κ2) is 10.0. The molecule has 6 heteroatoms. The summed E-state index contributed by atoms with van der Waals surface area (Å²) in [6.07, 6.45) is 0.226. The molecule has 0 heterocycles. The van der Waals surface area contributed by atoms with Crippen molar-refractivity contribution in [2.75, 3.05) is 6.61 Å². The summed E-state index contributed by atoms with van der Waals surface area (Å²) in [6.45, 7) is 11.0. The van der Waals surface area contributed by atoms with Crippen molar-refractivity contribution in [1.29, 1.82) is 0 Å². The van der Waals surface area contributed by atoms with Gasteiger partial charge in [0.25, 0.3) is 0 Å². The number of carboxylic acid groups (broad SMARTS) is 1. The molecule has 2 rings (SSSR count). The Morgan fingerprint density at radius 3 is 1.83 bits per heavy atom. The van der Waals surface area contributed by atoms with E-state index in [1.807, 2.05) is 60.7 Å². The highest BCUT2D eigenvalue weighted by atomic mass is 28.4. The molecule has 2 aromatic rings. The number of rotatable bonds is 9. The van der Waals surface area contributed by atoms with E-state index in [0.717, 1.165) is 11.1 Å². The number of benzene rings is 2. The van der Waals surface area contributed by atoms with Gasteiger partial charge in [-0.15, -0.1) is 0 Å². The van der Waals surface area contributed by atoms with Crippen molar-refractivity contribution in [3.8, 4) is 0 Å². The molecule has 0 aromatic heterocycles. The van der Waals surface area contributed by atoms with Crippen molar-refractivity contribution in [2.45, 2.75) is 57.3 Å². The number of aliphatic carboxylic acids is 1. The van der Waals surface area contributed by atoms with Gasteiger partial charge in [0.2, 0.25) is 5.91 Å². The lowest BCUT2D eigenvalue weighted by molar-refractivity contribution is -0.142. The van der Waals surface area contributed by atoms with E-state index in [1.165, 1.54) is 0 Å². The van der Waals surface area contributed by atoms with E-state index in [4.69, 9.17) is 4.43 Å². The van der Waals surface area contributed by atoms with Crippen LogP contribution in [0.1, 0.15) is 44.2 Å². The maximum Gasteiger partial charge on any atom is 0.326 e. The third kappa shape index (κ3) is 6.28. The van der Waals surface area contributed by atoms with Crippen LogP contribution in [0, 0.1) is 0 Å². The molecule has 2 aromatic carbocycles. The minimum Gasteiger partial charge on any atom is -0.480 e. The standard InChI is InChI=1S/C24H33NO4Si/c1-24(2,3)30(4,5)29-17-16-20(23(27)28)25-22(26)21(18-12-8-6-9-13-18)19-14-10-7-11-15-19/h6-15,20-21H,16-17H2,1-5H3,(H,25,26)(H,27,28)/t20-/m0/s1. The van der Waals surface area contributed by atoms with Crippen molar-refractivity contribution in [3.05, 3.63) is 71.8 Å². The summed E-state index contributed by atoms with van der Waals surface area (Å²) in [7, 11) is -1.98. The van der Waals surface area contributed by atoms with E-state index in [2.05, 4.69) is 39.2 Å². The van der Waals surface area contributed by atoms with E-state index in [1.54, 1.807) is 0 Å². The summed E-state index contributed by atoms with van der Waals surface area (Å²) in [4.78, 5) is 25.0. The van der Waals surface area contributed by atoms with Crippen LogP contribution in [0.5, 0.6) is 0 Å². The van der Waals surface area contributed by atoms with Gasteiger partial charge in [-0.05, 0) is 29.3 Å². The lowest BCUT2D eigenvalue weighted by Crippen LogP contribution is -2.46. The predicted molar refractivity (Wildman–Crippen MR) is 122 cm³/mol. The molecule has 0 bridgehead atoms. The van der Waals surface area contributed by atoms with Crippen LogP contribution in [0.3, 0.4) is 0 Å². The van der Waals surface area contributed by atoms with Crippen LogP contribution >= 0.6 is 0 Å². The first kappa shape index (κ1) is 23.8. The molecule has 2 N–H and O–H groups in total. The number of nitrogens with one attached hydrogen (secondary N) is 1. The second-order valence-corrected chi connectivity index (χ2v) is 13.9. The Morgan fingerprint density at radius 2 is 1.43 bits per heavy atom. The Bertz CT molecular complexity index is 792. The summed E-state index contributed by atoms with van der Waals surface area (Å²) in [6, 6.07) is 17.8. The average Bonchev–Trinajstić information content (AvgIpc) is 2.68. The van der Waals surface area contributed by atoms with Gasteiger partial charge in [-0.3, -0.25) is 4.79 Å². The zero-order chi connectivity index (χ0) is 22.4. The quantitative estimate of drug-likeness (QED) is 0.564. The molecule has 0 fully saturated rings. The molecule has 0 saturated heterocycles. The van der Waals surface area contributed by atoms with Gasteiger partial charge >= 0.3 is 5.97 Å². The first-order chi connectivity index (χ1) is 14.0. The van der Waals surface area contributed by atoms with Crippen molar-refractivity contribution < 1.29 is 19.1 Å². The third-order valence-electron chi connectivity index (χ3n) is 5.82. The molecular formula is C24H33NO4Si. The molecule has 0 aliphatic rings. The van der Waals surface area contributed by atoms with Crippen molar-refractivity contribution >= 4 is 20.2 Å². The third-order valence-corrected chi connectivity index (χ3v) is 10.4. The van der Waals surface area contributed by atoms with Crippen LogP contribution < -0.4 is 5.32 Å². The van der Waals surface area contributed by atoms with E-state index >= 15 is 0 Å². The van der Waals surface area contributed by atoms with Gasteiger partial charge in [0.05, 0.1) is 5.92 Å². The fraction of sp³-hybridized carbons (Fsp3) is 0.417. The zero-order valence-corrected chi connectivity index (χ0v) is 19.5. The molecule has 0 aliphatic carbocycles. The Hall–Kier alpha value is -2.44. The van der Waals surface area contributed by atoms with Crippen molar-refractivity contribution in [1.82, 2.24) is 5.32 Å². The molecule has 30 heavy (non-hydrogen) atoms. The lowest BCUT2D eigenvalue weighted by atomic mass is 9.90. The monoisotopic (exact) mass is 427 g/mol. The normalized spacial score (nSPS) is 13.1. The number of hydrogen-bond acceptors (Lipinski definition) is 3. The topological polar surface area (TPSA) is 75.6 Å². The second-order valence-electron chi connectivity index (χ2n) is 9.05. The minimum absolute atomic E-state index is 0.0423. The summed E-state index contributed by atoms with van der Waals surface area (Å²) in [5.74, 6) is -1.95. The Balaban J connectivity index is 2.14. The van der Waals surface area contributed by atoms with Gasteiger partial charge in [0, 0.05) is 13.0 Å². The van der Waals surface area contributed by atoms with Gasteiger partial charge in [-0.1, -0.05) is 81.4 Å². The molecule has 162 valence electrons. The summed E-state index contributed by atoms with van der Waals surface area (Å²) < 4.78 is 6.11. The number of carbonyl (C=O) groups is 2. The fourth-order valence-electron chi connectivity index (χ4n) is 2.95. The molecule has 0 unspecified atom stereocenters. The molecule has 0 radical (unpaired) electrons. The van der Waals surface area contributed by atoms with Gasteiger partial charge in [0.1, 0.15) is 6.04 Å². The highest BCUT2D eigenvalue weighted by molar-refractivity contribution is 6.74. The first-order valence-corrected chi connectivity index (χ1v) is 13.2. The minimum atomic E-state index is -1.98. The van der Waals surface area contributed by atoms with E-state index in [9.17, 15) is 14.7 Å². The molecular weight excluding hydrogens is 394 g/mol. The van der Waals surface area contributed by atoms with Crippen molar-refractivity contribution in [2.24, 2.45) is 0 Å². The molecule has 5 nitrogen and oxygen atoms in total. The van der Waals surface area contributed by atoms with Crippen LogP contribution in [0.2, 0.25) is 18.1 Å². The SMILES string of the molecule is CC(C)(C)[Si](C)(C)OCC[C@H](NC(=O)C(c1ccccc1)c1ccccc1)C(=O)O. The summed E-state index contributed by atoms with van der Waals surface area (Å²) in [5.41, 5.74) is 1.64. The maximum atomic E-state index is 13.2. The lowest BCUT2D eigenvalue weighted by Gasteiger charge is -2.36. The van der Waals surface area contributed by atoms with Crippen LogP contribution in [0.4, 0.5) is 0 Å². The largest absolute Gasteiger partial charge is 0.480 e. The molecule has 0 spiro atoms. The molecule has 1 amide bonds. The molecule has 1 atom stereocenters. The van der Waals surface area contributed by atoms with Gasteiger partial charge in [-0.25, -0.2) is 4.79 Å². The van der Waals surface area contributed by atoms with E-state index in [-0.39, 0.29) is 17.4 Å². The predicted octanol–water partition coefficient (Wildman–Crippen LogP) is 4.80. The van der Waals surface area contributed by atoms with Gasteiger partial charge in [0.15, 0.2) is 8.32 Å². The van der Waals surface area contributed by atoms with Crippen LogP contribution in [-0.2, 0) is 14.0 Å². The Labute approximate surface area is 180 Å². The maximum absolute atomic E-state index is 13.2. The summed E-state index contributed by atoms with van der Waals surface area (Å²) >= 11 is 0.